The standard InChI is InChI=1S/C13H11FN2O3/c1-19-13-9(6-11(17)18)7-15-12(16-13)8-3-2-4-10(14)5-8/h2-5,7H,6H2,1H3,(H,17,18). The highest BCUT2D eigenvalue weighted by Gasteiger charge is 2.12. The highest BCUT2D eigenvalue weighted by molar-refractivity contribution is 5.71. The van der Waals surface area contributed by atoms with Gasteiger partial charge in [0.25, 0.3) is 0 Å². The van der Waals surface area contributed by atoms with E-state index in [4.69, 9.17) is 9.84 Å². The molecule has 1 N–H and O–H groups in total. The summed E-state index contributed by atoms with van der Waals surface area (Å²) in [5, 5.41) is 8.75. The maximum absolute atomic E-state index is 13.1. The second-order valence-electron chi connectivity index (χ2n) is 3.81. The van der Waals surface area contributed by atoms with E-state index in [1.54, 1.807) is 12.1 Å². The van der Waals surface area contributed by atoms with E-state index in [1.807, 2.05) is 0 Å². The van der Waals surface area contributed by atoms with E-state index in [0.717, 1.165) is 0 Å². The molecule has 0 radical (unpaired) electrons. The van der Waals surface area contributed by atoms with Gasteiger partial charge in [0.2, 0.25) is 5.88 Å². The fraction of sp³-hybridized carbons (Fsp3) is 0.154. The Balaban J connectivity index is 2.41. The SMILES string of the molecule is COc1nc(-c2cccc(F)c2)ncc1CC(=O)O. The summed E-state index contributed by atoms with van der Waals surface area (Å²) in [6, 6.07) is 5.82. The Labute approximate surface area is 108 Å². The molecule has 1 aromatic carbocycles. The summed E-state index contributed by atoms with van der Waals surface area (Å²) in [6.07, 6.45) is 1.15. The molecule has 0 amide bonds. The molecule has 0 bridgehead atoms. The Bertz CT molecular complexity index is 617. The number of rotatable bonds is 4. The maximum atomic E-state index is 13.1. The lowest BCUT2D eigenvalue weighted by atomic mass is 10.2. The molecule has 0 aliphatic carbocycles. The van der Waals surface area contributed by atoms with E-state index in [2.05, 4.69) is 9.97 Å². The lowest BCUT2D eigenvalue weighted by Gasteiger charge is -2.07. The number of halogens is 1. The molecule has 1 aromatic heterocycles. The zero-order chi connectivity index (χ0) is 13.8. The van der Waals surface area contributed by atoms with Gasteiger partial charge < -0.3 is 9.84 Å². The van der Waals surface area contributed by atoms with Gasteiger partial charge in [-0.05, 0) is 12.1 Å². The van der Waals surface area contributed by atoms with Crippen LogP contribution >= 0.6 is 0 Å². The summed E-state index contributed by atoms with van der Waals surface area (Å²) >= 11 is 0. The summed E-state index contributed by atoms with van der Waals surface area (Å²) in [4.78, 5) is 18.8. The van der Waals surface area contributed by atoms with E-state index < -0.39 is 11.8 Å². The number of benzene rings is 1. The Hall–Kier alpha value is -2.50. The first-order valence-electron chi connectivity index (χ1n) is 5.48. The number of aromatic nitrogens is 2. The first kappa shape index (κ1) is 12.9. The van der Waals surface area contributed by atoms with Crippen molar-refractivity contribution in [3.8, 4) is 17.3 Å². The zero-order valence-electron chi connectivity index (χ0n) is 10.1. The van der Waals surface area contributed by atoms with Gasteiger partial charge in [0.15, 0.2) is 5.82 Å². The Kier molecular flexibility index (Phi) is 3.70. The van der Waals surface area contributed by atoms with Gasteiger partial charge in [0.1, 0.15) is 5.82 Å². The largest absolute Gasteiger partial charge is 0.481 e. The van der Waals surface area contributed by atoms with Crippen LogP contribution in [0.1, 0.15) is 5.56 Å². The number of carboxylic acids is 1. The molecule has 0 atom stereocenters. The van der Waals surface area contributed by atoms with Crippen molar-refractivity contribution in [2.45, 2.75) is 6.42 Å². The van der Waals surface area contributed by atoms with Crippen molar-refractivity contribution in [3.05, 3.63) is 41.8 Å². The Morgan fingerprint density at radius 2 is 2.26 bits per heavy atom. The summed E-state index contributed by atoms with van der Waals surface area (Å²) in [7, 11) is 1.39. The first-order valence-corrected chi connectivity index (χ1v) is 5.48. The van der Waals surface area contributed by atoms with Crippen LogP contribution in [-0.4, -0.2) is 28.2 Å². The van der Waals surface area contributed by atoms with Crippen LogP contribution in [0.4, 0.5) is 4.39 Å². The fourth-order valence-corrected chi connectivity index (χ4v) is 1.62. The van der Waals surface area contributed by atoms with Crippen LogP contribution in [0.3, 0.4) is 0 Å². The van der Waals surface area contributed by atoms with Crippen molar-refractivity contribution in [1.29, 1.82) is 0 Å². The molecular formula is C13H11FN2O3. The number of aliphatic carboxylic acids is 1. The molecule has 0 aliphatic heterocycles. The van der Waals surface area contributed by atoms with Crippen molar-refractivity contribution >= 4 is 5.97 Å². The molecule has 0 unspecified atom stereocenters. The summed E-state index contributed by atoms with van der Waals surface area (Å²) < 4.78 is 18.2. The third kappa shape index (κ3) is 3.04. The van der Waals surface area contributed by atoms with E-state index >= 15 is 0 Å². The average molecular weight is 262 g/mol. The van der Waals surface area contributed by atoms with E-state index in [9.17, 15) is 9.18 Å². The van der Waals surface area contributed by atoms with Gasteiger partial charge >= 0.3 is 5.97 Å². The predicted octanol–water partition coefficient (Wildman–Crippen LogP) is 1.92. The van der Waals surface area contributed by atoms with Crippen molar-refractivity contribution in [3.63, 3.8) is 0 Å². The van der Waals surface area contributed by atoms with E-state index in [0.29, 0.717) is 11.1 Å². The monoisotopic (exact) mass is 262 g/mol. The molecule has 6 heteroatoms. The van der Waals surface area contributed by atoms with Crippen LogP contribution in [0, 0.1) is 5.82 Å². The molecule has 98 valence electrons. The van der Waals surface area contributed by atoms with Crippen LogP contribution in [0.15, 0.2) is 30.5 Å². The van der Waals surface area contributed by atoms with Crippen molar-refractivity contribution in [2.75, 3.05) is 7.11 Å². The summed E-state index contributed by atoms with van der Waals surface area (Å²) in [5.41, 5.74) is 0.871. The number of carboxylic acid groups (broad SMARTS) is 1. The lowest BCUT2D eigenvalue weighted by Crippen LogP contribution is -2.05. The highest BCUT2D eigenvalue weighted by atomic mass is 19.1. The molecule has 0 saturated heterocycles. The lowest BCUT2D eigenvalue weighted by molar-refractivity contribution is -0.136. The minimum absolute atomic E-state index is 0.177. The highest BCUT2D eigenvalue weighted by Crippen LogP contribution is 2.21. The second-order valence-corrected chi connectivity index (χ2v) is 3.81. The number of methoxy groups -OCH3 is 1. The van der Waals surface area contributed by atoms with Crippen LogP contribution < -0.4 is 4.74 Å². The maximum Gasteiger partial charge on any atom is 0.308 e. The second kappa shape index (κ2) is 5.43. The zero-order valence-corrected chi connectivity index (χ0v) is 10.1. The van der Waals surface area contributed by atoms with Crippen LogP contribution in [0.25, 0.3) is 11.4 Å². The smallest absolute Gasteiger partial charge is 0.308 e. The van der Waals surface area contributed by atoms with Crippen molar-refractivity contribution in [1.82, 2.24) is 9.97 Å². The number of ether oxygens (including phenoxy) is 1. The van der Waals surface area contributed by atoms with Gasteiger partial charge in [-0.1, -0.05) is 12.1 Å². The van der Waals surface area contributed by atoms with Gasteiger partial charge in [-0.15, -0.1) is 0 Å². The molecule has 0 spiro atoms. The molecule has 0 aliphatic rings. The van der Waals surface area contributed by atoms with Crippen molar-refractivity contribution < 1.29 is 19.0 Å². The van der Waals surface area contributed by atoms with Crippen molar-refractivity contribution in [2.24, 2.45) is 0 Å². The third-order valence-corrected chi connectivity index (χ3v) is 2.44. The van der Waals surface area contributed by atoms with Crippen LogP contribution in [0.5, 0.6) is 5.88 Å². The predicted molar refractivity (Wildman–Crippen MR) is 65.3 cm³/mol. The molecule has 0 fully saturated rings. The van der Waals surface area contributed by atoms with Gasteiger partial charge in [-0.2, -0.15) is 4.98 Å². The molecule has 1 heterocycles. The quantitative estimate of drug-likeness (QED) is 0.911. The number of nitrogens with zero attached hydrogens (tertiary/aromatic N) is 2. The van der Waals surface area contributed by atoms with Gasteiger partial charge in [0, 0.05) is 17.3 Å². The normalized spacial score (nSPS) is 10.2. The molecule has 2 rings (SSSR count). The number of hydrogen-bond acceptors (Lipinski definition) is 4. The topological polar surface area (TPSA) is 72.3 Å². The van der Waals surface area contributed by atoms with E-state index in [1.165, 1.54) is 25.4 Å². The number of carbonyl (C=O) groups is 1. The van der Waals surface area contributed by atoms with Gasteiger partial charge in [-0.25, -0.2) is 9.37 Å². The molecule has 0 saturated carbocycles. The minimum atomic E-state index is -1.000. The third-order valence-electron chi connectivity index (χ3n) is 2.44. The Morgan fingerprint density at radius 1 is 1.47 bits per heavy atom. The van der Waals surface area contributed by atoms with E-state index in [-0.39, 0.29) is 18.1 Å². The van der Waals surface area contributed by atoms with Gasteiger partial charge in [-0.3, -0.25) is 4.79 Å². The molecular weight excluding hydrogens is 251 g/mol. The first-order chi connectivity index (χ1) is 9.10. The molecule has 2 aromatic rings. The minimum Gasteiger partial charge on any atom is -0.481 e. The fourth-order valence-electron chi connectivity index (χ4n) is 1.62. The average Bonchev–Trinajstić information content (AvgIpc) is 2.38. The summed E-state index contributed by atoms with van der Waals surface area (Å²) in [5.74, 6) is -0.933. The van der Waals surface area contributed by atoms with Crippen LogP contribution in [0.2, 0.25) is 0 Å². The Morgan fingerprint density at radius 3 is 2.89 bits per heavy atom. The molecule has 19 heavy (non-hydrogen) atoms. The number of hydrogen-bond donors (Lipinski definition) is 1. The summed E-state index contributed by atoms with van der Waals surface area (Å²) in [6.45, 7) is 0. The molecule has 5 nitrogen and oxygen atoms in total. The van der Waals surface area contributed by atoms with Gasteiger partial charge in [0.05, 0.1) is 13.5 Å². The van der Waals surface area contributed by atoms with Crippen LogP contribution in [-0.2, 0) is 11.2 Å².